The minimum Gasteiger partial charge on any atom is -0.300 e. The van der Waals surface area contributed by atoms with Crippen LogP contribution in [-0.2, 0) is 12.7 Å². The van der Waals surface area contributed by atoms with Crippen LogP contribution in [0.25, 0.3) is 11.4 Å². The van der Waals surface area contributed by atoms with E-state index >= 15 is 0 Å². The number of alkyl halides is 3. The van der Waals surface area contributed by atoms with Crippen LogP contribution in [-0.4, -0.2) is 14.8 Å². The van der Waals surface area contributed by atoms with Crippen molar-refractivity contribution in [3.63, 3.8) is 0 Å². The Labute approximate surface area is 113 Å². The van der Waals surface area contributed by atoms with E-state index < -0.39 is 11.7 Å². The van der Waals surface area contributed by atoms with Gasteiger partial charge >= 0.3 is 6.18 Å². The first kappa shape index (κ1) is 13.8. The molecule has 1 aromatic carbocycles. The fourth-order valence-corrected chi connectivity index (χ4v) is 2.03. The summed E-state index contributed by atoms with van der Waals surface area (Å²) in [5.74, 6) is 0.429. The molecule has 0 atom stereocenters. The highest BCUT2D eigenvalue weighted by Crippen LogP contribution is 2.31. The number of aromatic nitrogens is 3. The van der Waals surface area contributed by atoms with Gasteiger partial charge in [-0.2, -0.15) is 18.3 Å². The Bertz CT molecular complexity index is 628. The minimum atomic E-state index is -4.36. The van der Waals surface area contributed by atoms with Crippen molar-refractivity contribution in [3.8, 4) is 11.4 Å². The molecule has 19 heavy (non-hydrogen) atoms. The van der Waals surface area contributed by atoms with Gasteiger partial charge < -0.3 is 4.57 Å². The number of hydrogen-bond donors (Lipinski definition) is 1. The molecule has 0 saturated carbocycles. The second-order valence-corrected chi connectivity index (χ2v) is 4.47. The van der Waals surface area contributed by atoms with Gasteiger partial charge in [0, 0.05) is 12.1 Å². The summed E-state index contributed by atoms with van der Waals surface area (Å²) in [5, 5.41) is 6.62. The molecule has 3 nitrogen and oxygen atoms in total. The number of halogens is 3. The highest BCUT2D eigenvalue weighted by Gasteiger charge is 2.30. The maximum Gasteiger partial charge on any atom is 0.416 e. The van der Waals surface area contributed by atoms with Crippen molar-refractivity contribution in [2.45, 2.75) is 26.1 Å². The molecule has 0 unspecified atom stereocenters. The van der Waals surface area contributed by atoms with Gasteiger partial charge in [-0.1, -0.05) is 19.1 Å². The van der Waals surface area contributed by atoms with Crippen LogP contribution < -0.4 is 0 Å². The van der Waals surface area contributed by atoms with Crippen LogP contribution in [0.3, 0.4) is 0 Å². The summed E-state index contributed by atoms with van der Waals surface area (Å²) in [4.78, 5) is 0. The second kappa shape index (κ2) is 5.16. The van der Waals surface area contributed by atoms with E-state index in [-0.39, 0.29) is 0 Å². The molecule has 0 aliphatic carbocycles. The maximum atomic E-state index is 12.7. The second-order valence-electron chi connectivity index (χ2n) is 4.08. The summed E-state index contributed by atoms with van der Waals surface area (Å²) < 4.78 is 40.2. The first-order valence-electron chi connectivity index (χ1n) is 5.76. The molecule has 0 aliphatic heterocycles. The van der Waals surface area contributed by atoms with E-state index in [1.165, 1.54) is 6.07 Å². The lowest BCUT2D eigenvalue weighted by atomic mass is 10.1. The zero-order valence-electron chi connectivity index (χ0n) is 10.2. The molecule has 0 radical (unpaired) electrons. The molecule has 0 saturated heterocycles. The van der Waals surface area contributed by atoms with Gasteiger partial charge in [0.25, 0.3) is 0 Å². The molecule has 2 rings (SSSR count). The molecule has 7 heteroatoms. The van der Waals surface area contributed by atoms with Crippen LogP contribution in [0.15, 0.2) is 24.3 Å². The molecule has 1 N–H and O–H groups in total. The summed E-state index contributed by atoms with van der Waals surface area (Å²) in [6.07, 6.45) is -3.54. The fraction of sp³-hybridized carbons (Fsp3) is 0.333. The van der Waals surface area contributed by atoms with Crippen molar-refractivity contribution < 1.29 is 13.2 Å². The van der Waals surface area contributed by atoms with Gasteiger partial charge in [0.15, 0.2) is 10.6 Å². The van der Waals surface area contributed by atoms with Crippen LogP contribution >= 0.6 is 12.2 Å². The van der Waals surface area contributed by atoms with E-state index in [4.69, 9.17) is 12.2 Å². The van der Waals surface area contributed by atoms with Crippen LogP contribution in [0.1, 0.15) is 18.9 Å². The van der Waals surface area contributed by atoms with E-state index in [1.54, 1.807) is 10.6 Å². The lowest BCUT2D eigenvalue weighted by Crippen LogP contribution is -2.05. The van der Waals surface area contributed by atoms with Crippen molar-refractivity contribution in [3.05, 3.63) is 34.6 Å². The summed E-state index contributed by atoms with van der Waals surface area (Å²) >= 11 is 5.07. The molecule has 102 valence electrons. The van der Waals surface area contributed by atoms with Crippen LogP contribution in [0.5, 0.6) is 0 Å². The van der Waals surface area contributed by atoms with E-state index in [9.17, 15) is 13.2 Å². The Hall–Kier alpha value is -1.63. The first-order chi connectivity index (χ1) is 8.93. The normalized spacial score (nSPS) is 11.8. The quantitative estimate of drug-likeness (QED) is 0.864. The van der Waals surface area contributed by atoms with Crippen LogP contribution in [0.2, 0.25) is 0 Å². The first-order valence-corrected chi connectivity index (χ1v) is 6.17. The third-order valence-corrected chi connectivity index (χ3v) is 2.97. The number of H-pyrrole nitrogens is 1. The topological polar surface area (TPSA) is 33.6 Å². The van der Waals surface area contributed by atoms with Crippen molar-refractivity contribution in [1.82, 2.24) is 14.8 Å². The lowest BCUT2D eigenvalue weighted by molar-refractivity contribution is -0.137. The van der Waals surface area contributed by atoms with Gasteiger partial charge in [-0.05, 0) is 30.8 Å². The van der Waals surface area contributed by atoms with E-state index in [0.29, 0.717) is 22.7 Å². The van der Waals surface area contributed by atoms with Crippen molar-refractivity contribution in [2.75, 3.05) is 0 Å². The molecule has 0 bridgehead atoms. The highest BCUT2D eigenvalue weighted by atomic mass is 32.1. The largest absolute Gasteiger partial charge is 0.416 e. The van der Waals surface area contributed by atoms with E-state index in [0.717, 1.165) is 18.6 Å². The Balaban J connectivity index is 2.51. The predicted octanol–water partition coefficient (Wildman–Crippen LogP) is 4.04. The highest BCUT2D eigenvalue weighted by molar-refractivity contribution is 7.71. The molecule has 0 amide bonds. The number of aromatic amines is 1. The summed E-state index contributed by atoms with van der Waals surface area (Å²) in [6, 6.07) is 5.07. The van der Waals surface area contributed by atoms with Crippen LogP contribution in [0.4, 0.5) is 13.2 Å². The Morgan fingerprint density at radius 2 is 2.11 bits per heavy atom. The summed E-state index contributed by atoms with van der Waals surface area (Å²) in [5.41, 5.74) is -0.294. The van der Waals surface area contributed by atoms with Gasteiger partial charge in [0.1, 0.15) is 0 Å². The smallest absolute Gasteiger partial charge is 0.300 e. The molecule has 0 fully saturated rings. The fourth-order valence-electron chi connectivity index (χ4n) is 1.80. The molecule has 0 aliphatic rings. The Morgan fingerprint density at radius 3 is 2.74 bits per heavy atom. The molecular formula is C12H12F3N3S. The number of rotatable bonds is 3. The van der Waals surface area contributed by atoms with Gasteiger partial charge in [-0.15, -0.1) is 0 Å². The number of nitrogens with one attached hydrogen (secondary N) is 1. The van der Waals surface area contributed by atoms with Gasteiger partial charge in [0.2, 0.25) is 0 Å². The standard InChI is InChI=1S/C12H12F3N3S/c1-2-6-18-10(16-17-11(18)19)8-4-3-5-9(7-8)12(13,14)15/h3-5,7H,2,6H2,1H3,(H,17,19). The maximum absolute atomic E-state index is 12.7. The molecule has 2 aromatic rings. The van der Waals surface area contributed by atoms with Gasteiger partial charge in [0.05, 0.1) is 5.56 Å². The third-order valence-electron chi connectivity index (χ3n) is 2.65. The van der Waals surface area contributed by atoms with Gasteiger partial charge in [-0.3, -0.25) is 5.10 Å². The zero-order valence-corrected chi connectivity index (χ0v) is 11.0. The van der Waals surface area contributed by atoms with Crippen molar-refractivity contribution >= 4 is 12.2 Å². The Morgan fingerprint density at radius 1 is 1.37 bits per heavy atom. The molecule has 1 aromatic heterocycles. The summed E-state index contributed by atoms with van der Waals surface area (Å²) in [7, 11) is 0. The average Bonchev–Trinajstić information content (AvgIpc) is 2.71. The van der Waals surface area contributed by atoms with Crippen molar-refractivity contribution in [1.29, 1.82) is 0 Å². The van der Waals surface area contributed by atoms with Crippen molar-refractivity contribution in [2.24, 2.45) is 0 Å². The van der Waals surface area contributed by atoms with E-state index in [2.05, 4.69) is 10.2 Å². The summed E-state index contributed by atoms with van der Waals surface area (Å²) in [6.45, 7) is 2.58. The molecular weight excluding hydrogens is 275 g/mol. The molecule has 0 spiro atoms. The lowest BCUT2D eigenvalue weighted by Gasteiger charge is -2.09. The average molecular weight is 287 g/mol. The number of hydrogen-bond acceptors (Lipinski definition) is 2. The SMILES string of the molecule is CCCn1c(-c2cccc(C(F)(F)F)c2)n[nH]c1=S. The van der Waals surface area contributed by atoms with Gasteiger partial charge in [-0.25, -0.2) is 0 Å². The van der Waals surface area contributed by atoms with Crippen LogP contribution in [0, 0.1) is 4.77 Å². The van der Waals surface area contributed by atoms with E-state index in [1.807, 2.05) is 6.92 Å². The molecule has 1 heterocycles. The number of nitrogens with zero attached hydrogens (tertiary/aromatic N) is 2. The zero-order chi connectivity index (χ0) is 14.0. The predicted molar refractivity (Wildman–Crippen MR) is 68.1 cm³/mol. The monoisotopic (exact) mass is 287 g/mol. The number of benzene rings is 1. The third kappa shape index (κ3) is 2.86. The minimum absolute atomic E-state index is 0.399. The Kier molecular flexibility index (Phi) is 3.75.